The number of methoxy groups -OCH3 is 1. The van der Waals surface area contributed by atoms with E-state index in [1.165, 1.54) is 13.3 Å². The van der Waals surface area contributed by atoms with Crippen molar-refractivity contribution in [3.63, 3.8) is 0 Å². The average molecular weight is 327 g/mol. The largest absolute Gasteiger partial charge is 0.481 e. The monoisotopic (exact) mass is 326 g/mol. The van der Waals surface area contributed by atoms with Crippen molar-refractivity contribution in [1.82, 2.24) is 4.98 Å². The number of halogens is 2. The number of aromatic nitrogens is 1. The zero-order valence-corrected chi connectivity index (χ0v) is 12.6. The van der Waals surface area contributed by atoms with E-state index in [4.69, 9.17) is 32.7 Å². The zero-order chi connectivity index (χ0) is 15.2. The summed E-state index contributed by atoms with van der Waals surface area (Å²) in [5, 5.41) is 3.33. The standard InChI is InChI=1S/C14H12Cl2N2O3/c1-20-13-6-5-9(7-17-13)18-12(19)8-21-14-10(15)3-2-4-11(14)16/h2-7H,8H2,1H3,(H,18,19). The maximum Gasteiger partial charge on any atom is 0.262 e. The molecule has 0 spiro atoms. The average Bonchev–Trinajstić information content (AvgIpc) is 2.47. The summed E-state index contributed by atoms with van der Waals surface area (Å²) in [6, 6.07) is 8.27. The molecule has 0 atom stereocenters. The third-order valence-electron chi connectivity index (χ3n) is 2.50. The molecule has 1 aromatic heterocycles. The molecule has 1 heterocycles. The lowest BCUT2D eigenvalue weighted by atomic mass is 10.3. The van der Waals surface area contributed by atoms with Gasteiger partial charge in [-0.3, -0.25) is 4.79 Å². The summed E-state index contributed by atoms with van der Waals surface area (Å²) in [4.78, 5) is 15.8. The van der Waals surface area contributed by atoms with E-state index in [1.54, 1.807) is 30.3 Å². The van der Waals surface area contributed by atoms with Gasteiger partial charge >= 0.3 is 0 Å². The van der Waals surface area contributed by atoms with Crippen LogP contribution in [0, 0.1) is 0 Å². The molecule has 0 bridgehead atoms. The first-order valence-corrected chi connectivity index (χ1v) is 6.72. The predicted octanol–water partition coefficient (Wildman–Crippen LogP) is 3.41. The van der Waals surface area contributed by atoms with Gasteiger partial charge in [-0.15, -0.1) is 0 Å². The van der Waals surface area contributed by atoms with E-state index in [2.05, 4.69) is 10.3 Å². The lowest BCUT2D eigenvalue weighted by Crippen LogP contribution is -2.20. The summed E-state index contributed by atoms with van der Waals surface area (Å²) in [7, 11) is 1.52. The van der Waals surface area contributed by atoms with Crippen molar-refractivity contribution in [2.75, 3.05) is 19.0 Å². The van der Waals surface area contributed by atoms with Crippen LogP contribution < -0.4 is 14.8 Å². The molecule has 0 radical (unpaired) electrons. The molecule has 21 heavy (non-hydrogen) atoms. The fourth-order valence-electron chi connectivity index (χ4n) is 1.53. The number of hydrogen-bond acceptors (Lipinski definition) is 4. The quantitative estimate of drug-likeness (QED) is 0.914. The SMILES string of the molecule is COc1ccc(NC(=O)COc2c(Cl)cccc2Cl)cn1. The summed E-state index contributed by atoms with van der Waals surface area (Å²) < 4.78 is 10.3. The number of ether oxygens (including phenoxy) is 2. The highest BCUT2D eigenvalue weighted by Crippen LogP contribution is 2.32. The van der Waals surface area contributed by atoms with E-state index in [9.17, 15) is 4.79 Å². The van der Waals surface area contributed by atoms with Gasteiger partial charge in [0, 0.05) is 6.07 Å². The van der Waals surface area contributed by atoms with E-state index < -0.39 is 0 Å². The Morgan fingerprint density at radius 2 is 1.95 bits per heavy atom. The molecule has 7 heteroatoms. The minimum atomic E-state index is -0.349. The lowest BCUT2D eigenvalue weighted by molar-refractivity contribution is -0.118. The second-order valence-electron chi connectivity index (χ2n) is 3.98. The van der Waals surface area contributed by atoms with Crippen LogP contribution in [0.3, 0.4) is 0 Å². The Kier molecular flexibility index (Phi) is 5.25. The van der Waals surface area contributed by atoms with Gasteiger partial charge in [0.15, 0.2) is 12.4 Å². The Morgan fingerprint density at radius 1 is 1.24 bits per heavy atom. The van der Waals surface area contributed by atoms with Gasteiger partial charge < -0.3 is 14.8 Å². The number of carbonyl (C=O) groups is 1. The van der Waals surface area contributed by atoms with Gasteiger partial charge in [-0.2, -0.15) is 0 Å². The molecule has 0 saturated heterocycles. The molecule has 0 aliphatic heterocycles. The number of para-hydroxylation sites is 1. The molecule has 0 fully saturated rings. The number of nitrogens with zero attached hydrogens (tertiary/aromatic N) is 1. The number of hydrogen-bond donors (Lipinski definition) is 1. The Labute approximate surface area is 131 Å². The van der Waals surface area contributed by atoms with Gasteiger partial charge in [0.2, 0.25) is 5.88 Å². The molecule has 1 N–H and O–H groups in total. The van der Waals surface area contributed by atoms with Crippen molar-refractivity contribution >= 4 is 34.8 Å². The molecule has 110 valence electrons. The minimum Gasteiger partial charge on any atom is -0.481 e. The number of amides is 1. The van der Waals surface area contributed by atoms with Gasteiger partial charge in [-0.25, -0.2) is 4.98 Å². The Morgan fingerprint density at radius 3 is 2.52 bits per heavy atom. The highest BCUT2D eigenvalue weighted by molar-refractivity contribution is 6.37. The number of nitrogens with one attached hydrogen (secondary N) is 1. The van der Waals surface area contributed by atoms with E-state index in [0.29, 0.717) is 21.6 Å². The summed E-state index contributed by atoms with van der Waals surface area (Å²) in [5.74, 6) is 0.397. The highest BCUT2D eigenvalue weighted by atomic mass is 35.5. The number of rotatable bonds is 5. The van der Waals surface area contributed by atoms with Gasteiger partial charge in [0.05, 0.1) is 29.0 Å². The Bertz CT molecular complexity index is 612. The number of benzene rings is 1. The number of anilines is 1. The highest BCUT2D eigenvalue weighted by Gasteiger charge is 2.10. The van der Waals surface area contributed by atoms with Crippen molar-refractivity contribution in [2.24, 2.45) is 0 Å². The van der Waals surface area contributed by atoms with Crippen LogP contribution in [-0.2, 0) is 4.79 Å². The fourth-order valence-corrected chi connectivity index (χ4v) is 2.04. The van der Waals surface area contributed by atoms with Crippen LogP contribution >= 0.6 is 23.2 Å². The van der Waals surface area contributed by atoms with Crippen molar-refractivity contribution in [3.8, 4) is 11.6 Å². The van der Waals surface area contributed by atoms with Crippen LogP contribution in [0.4, 0.5) is 5.69 Å². The smallest absolute Gasteiger partial charge is 0.262 e. The predicted molar refractivity (Wildman–Crippen MR) is 81.4 cm³/mol. The Balaban J connectivity index is 1.92. The number of pyridine rings is 1. The molecule has 2 aromatic rings. The maximum atomic E-state index is 11.8. The normalized spacial score (nSPS) is 10.0. The van der Waals surface area contributed by atoms with E-state index >= 15 is 0 Å². The molecule has 0 aliphatic rings. The summed E-state index contributed by atoms with van der Waals surface area (Å²) >= 11 is 11.9. The van der Waals surface area contributed by atoms with E-state index in [0.717, 1.165) is 0 Å². The minimum absolute atomic E-state index is 0.213. The van der Waals surface area contributed by atoms with Crippen LogP contribution in [0.25, 0.3) is 0 Å². The summed E-state index contributed by atoms with van der Waals surface area (Å²) in [6.07, 6.45) is 1.49. The zero-order valence-electron chi connectivity index (χ0n) is 11.1. The topological polar surface area (TPSA) is 60.5 Å². The first-order chi connectivity index (χ1) is 10.1. The molecule has 1 amide bonds. The van der Waals surface area contributed by atoms with Crippen molar-refractivity contribution in [1.29, 1.82) is 0 Å². The molecular formula is C14H12Cl2N2O3. The number of carbonyl (C=O) groups excluding carboxylic acids is 1. The first-order valence-electron chi connectivity index (χ1n) is 5.97. The van der Waals surface area contributed by atoms with Gasteiger partial charge in [0.25, 0.3) is 5.91 Å². The third kappa shape index (κ3) is 4.24. The summed E-state index contributed by atoms with van der Waals surface area (Å²) in [6.45, 7) is -0.213. The Hall–Kier alpha value is -1.98. The van der Waals surface area contributed by atoms with E-state index in [-0.39, 0.29) is 18.3 Å². The van der Waals surface area contributed by atoms with Crippen molar-refractivity contribution in [3.05, 3.63) is 46.6 Å². The van der Waals surface area contributed by atoms with Crippen LogP contribution in [0.15, 0.2) is 36.5 Å². The second-order valence-corrected chi connectivity index (χ2v) is 4.79. The van der Waals surface area contributed by atoms with Crippen molar-refractivity contribution in [2.45, 2.75) is 0 Å². The lowest BCUT2D eigenvalue weighted by Gasteiger charge is -2.10. The van der Waals surface area contributed by atoms with Gasteiger partial charge in [-0.1, -0.05) is 29.3 Å². The summed E-state index contributed by atoms with van der Waals surface area (Å²) in [5.41, 5.74) is 0.537. The van der Waals surface area contributed by atoms with Crippen LogP contribution in [-0.4, -0.2) is 24.6 Å². The molecule has 0 aliphatic carbocycles. The first kappa shape index (κ1) is 15.4. The third-order valence-corrected chi connectivity index (χ3v) is 3.09. The molecular weight excluding hydrogens is 315 g/mol. The van der Waals surface area contributed by atoms with Crippen molar-refractivity contribution < 1.29 is 14.3 Å². The second kappa shape index (κ2) is 7.15. The van der Waals surface area contributed by atoms with Gasteiger partial charge in [0.1, 0.15) is 0 Å². The maximum absolute atomic E-state index is 11.8. The molecule has 0 unspecified atom stereocenters. The fraction of sp³-hybridized carbons (Fsp3) is 0.143. The van der Waals surface area contributed by atoms with Crippen LogP contribution in [0.1, 0.15) is 0 Å². The molecule has 5 nitrogen and oxygen atoms in total. The molecule has 1 aromatic carbocycles. The van der Waals surface area contributed by atoms with Gasteiger partial charge in [-0.05, 0) is 18.2 Å². The molecule has 0 saturated carbocycles. The van der Waals surface area contributed by atoms with Crippen LogP contribution in [0.2, 0.25) is 10.0 Å². The molecule has 2 rings (SSSR count). The van der Waals surface area contributed by atoms with E-state index in [1.807, 2.05) is 0 Å². The van der Waals surface area contributed by atoms with Crippen LogP contribution in [0.5, 0.6) is 11.6 Å².